The molecule has 4 heteroatoms. The summed E-state index contributed by atoms with van der Waals surface area (Å²) in [5.74, 6) is 3.30. The van der Waals surface area contributed by atoms with Gasteiger partial charge in [0.25, 0.3) is 0 Å². The van der Waals surface area contributed by atoms with E-state index in [2.05, 4.69) is 13.8 Å². The number of carboxylic acids is 1. The fraction of sp³-hybridized carbons (Fsp3) is 0.933. The second kappa shape index (κ2) is 11.0. The Balaban J connectivity index is 1.32. The Hall–Kier alpha value is -0.900. The van der Waals surface area contributed by atoms with Gasteiger partial charge in [0.1, 0.15) is 5.78 Å². The SMILES string of the molecule is C[C@]12CCC(=O)CC1CC[C@@H]1[C@H]2C(CCCCCCCCCCC(=O)O)C[C@]2(C)C(O)CC[C@@H]12. The molecule has 4 saturated carbocycles. The lowest BCUT2D eigenvalue weighted by Crippen LogP contribution is -2.57. The quantitative estimate of drug-likeness (QED) is 0.311. The molecule has 4 aliphatic rings. The van der Waals surface area contributed by atoms with Gasteiger partial charge in [0.15, 0.2) is 0 Å². The molecular formula is C30H50O4. The summed E-state index contributed by atoms with van der Waals surface area (Å²) in [6.07, 6.45) is 19.5. The van der Waals surface area contributed by atoms with Gasteiger partial charge in [-0.25, -0.2) is 0 Å². The molecule has 4 nitrogen and oxygen atoms in total. The van der Waals surface area contributed by atoms with E-state index in [9.17, 15) is 14.7 Å². The lowest BCUT2D eigenvalue weighted by atomic mass is 9.42. The Bertz CT molecular complexity index is 719. The maximum Gasteiger partial charge on any atom is 0.303 e. The number of aliphatic carboxylic acids is 1. The third kappa shape index (κ3) is 5.27. The summed E-state index contributed by atoms with van der Waals surface area (Å²) in [5, 5.41) is 19.7. The predicted octanol–water partition coefficient (Wildman–Crippen LogP) is 7.17. The van der Waals surface area contributed by atoms with Crippen LogP contribution in [-0.4, -0.2) is 28.1 Å². The number of carbonyl (C=O) groups is 2. The van der Waals surface area contributed by atoms with E-state index in [0.717, 1.165) is 56.8 Å². The molecule has 0 aliphatic heterocycles. The molecule has 8 atom stereocenters. The minimum absolute atomic E-state index is 0.107. The molecule has 4 aliphatic carbocycles. The third-order valence-corrected chi connectivity index (χ3v) is 11.2. The highest BCUT2D eigenvalue weighted by Crippen LogP contribution is 2.68. The fourth-order valence-corrected chi connectivity index (χ4v) is 9.45. The van der Waals surface area contributed by atoms with Crippen molar-refractivity contribution in [3.8, 4) is 0 Å². The number of rotatable bonds is 11. The zero-order chi connectivity index (χ0) is 24.3. The number of aliphatic hydroxyl groups is 1. The molecule has 0 saturated heterocycles. The average Bonchev–Trinajstić information content (AvgIpc) is 3.09. The first-order chi connectivity index (χ1) is 16.3. The summed E-state index contributed by atoms with van der Waals surface area (Å²) >= 11 is 0. The number of hydrogen-bond donors (Lipinski definition) is 2. The van der Waals surface area contributed by atoms with Crippen LogP contribution in [0.25, 0.3) is 0 Å². The third-order valence-electron chi connectivity index (χ3n) is 11.2. The molecule has 0 heterocycles. The van der Waals surface area contributed by atoms with Crippen molar-refractivity contribution in [3.05, 3.63) is 0 Å². The minimum Gasteiger partial charge on any atom is -0.481 e. The van der Waals surface area contributed by atoms with Crippen molar-refractivity contribution in [3.63, 3.8) is 0 Å². The van der Waals surface area contributed by atoms with E-state index in [0.29, 0.717) is 35.4 Å². The zero-order valence-electron chi connectivity index (χ0n) is 21.9. The van der Waals surface area contributed by atoms with Gasteiger partial charge >= 0.3 is 5.97 Å². The Labute approximate surface area is 207 Å². The van der Waals surface area contributed by atoms with E-state index < -0.39 is 5.97 Å². The smallest absolute Gasteiger partial charge is 0.303 e. The predicted molar refractivity (Wildman–Crippen MR) is 135 cm³/mol. The summed E-state index contributed by atoms with van der Waals surface area (Å²) in [6.45, 7) is 4.95. The van der Waals surface area contributed by atoms with Crippen molar-refractivity contribution in [2.75, 3.05) is 0 Å². The van der Waals surface area contributed by atoms with Crippen LogP contribution >= 0.6 is 0 Å². The summed E-state index contributed by atoms with van der Waals surface area (Å²) in [5.41, 5.74) is 0.432. The molecule has 3 unspecified atom stereocenters. The molecule has 0 bridgehead atoms. The molecule has 0 aromatic rings. The summed E-state index contributed by atoms with van der Waals surface area (Å²) in [4.78, 5) is 22.9. The highest BCUT2D eigenvalue weighted by molar-refractivity contribution is 5.79. The molecule has 4 rings (SSSR count). The van der Waals surface area contributed by atoms with Gasteiger partial charge in [0.05, 0.1) is 6.10 Å². The van der Waals surface area contributed by atoms with Crippen LogP contribution in [0.1, 0.15) is 129 Å². The number of fused-ring (bicyclic) bond motifs is 5. The van der Waals surface area contributed by atoms with Crippen LogP contribution in [0.15, 0.2) is 0 Å². The number of unbranched alkanes of at least 4 members (excludes halogenated alkanes) is 7. The summed E-state index contributed by atoms with van der Waals surface area (Å²) in [7, 11) is 0. The lowest BCUT2D eigenvalue weighted by Gasteiger charge is -2.62. The van der Waals surface area contributed by atoms with E-state index >= 15 is 0 Å². The standard InChI is InChI=1S/C30H50O4/c1-29-18-17-23(31)19-22(29)13-14-24-25-15-16-26(32)30(25,2)20-21(28(24)29)11-9-7-5-3-4-6-8-10-12-27(33)34/h21-22,24-26,28,32H,3-20H2,1-2H3,(H,33,34)/t21?,22?,24-,25-,26?,28+,29-,30-/m0/s1. The Morgan fingerprint density at radius 2 is 1.59 bits per heavy atom. The molecular weight excluding hydrogens is 424 g/mol. The van der Waals surface area contributed by atoms with E-state index in [-0.39, 0.29) is 11.5 Å². The summed E-state index contributed by atoms with van der Waals surface area (Å²) < 4.78 is 0. The van der Waals surface area contributed by atoms with Crippen molar-refractivity contribution in [1.82, 2.24) is 0 Å². The first-order valence-corrected chi connectivity index (χ1v) is 14.7. The van der Waals surface area contributed by atoms with Crippen LogP contribution in [0.2, 0.25) is 0 Å². The minimum atomic E-state index is -0.673. The van der Waals surface area contributed by atoms with Crippen LogP contribution in [-0.2, 0) is 9.59 Å². The van der Waals surface area contributed by atoms with Crippen molar-refractivity contribution >= 4 is 11.8 Å². The second-order valence-corrected chi connectivity index (χ2v) is 13.1. The van der Waals surface area contributed by atoms with Gasteiger partial charge in [-0.15, -0.1) is 0 Å². The molecule has 0 spiro atoms. The van der Waals surface area contributed by atoms with Crippen LogP contribution in [0.4, 0.5) is 0 Å². The van der Waals surface area contributed by atoms with Crippen LogP contribution in [0.3, 0.4) is 0 Å². The molecule has 0 amide bonds. The lowest BCUT2D eigenvalue weighted by molar-refractivity contribution is -0.159. The van der Waals surface area contributed by atoms with Crippen LogP contribution in [0, 0.1) is 40.4 Å². The van der Waals surface area contributed by atoms with Gasteiger partial charge in [0.2, 0.25) is 0 Å². The van der Waals surface area contributed by atoms with Gasteiger partial charge in [-0.05, 0) is 85.4 Å². The molecule has 0 aromatic carbocycles. The maximum atomic E-state index is 12.3. The van der Waals surface area contributed by atoms with E-state index in [1.807, 2.05) is 0 Å². The average molecular weight is 475 g/mol. The topological polar surface area (TPSA) is 74.6 Å². The highest BCUT2D eigenvalue weighted by Gasteiger charge is 2.62. The van der Waals surface area contributed by atoms with Gasteiger partial charge in [-0.2, -0.15) is 0 Å². The van der Waals surface area contributed by atoms with Crippen molar-refractivity contribution in [1.29, 1.82) is 0 Å². The van der Waals surface area contributed by atoms with Crippen molar-refractivity contribution < 1.29 is 19.8 Å². The molecule has 34 heavy (non-hydrogen) atoms. The molecule has 0 radical (unpaired) electrons. The highest BCUT2D eigenvalue weighted by atomic mass is 16.4. The maximum absolute atomic E-state index is 12.3. The summed E-state index contributed by atoms with van der Waals surface area (Å²) in [6, 6.07) is 0. The molecule has 194 valence electrons. The number of ketones is 1. The van der Waals surface area contributed by atoms with Gasteiger partial charge < -0.3 is 10.2 Å². The number of aliphatic hydroxyl groups excluding tert-OH is 1. The normalized spacial score (nSPS) is 41.6. The number of hydrogen-bond acceptors (Lipinski definition) is 3. The van der Waals surface area contributed by atoms with E-state index in [4.69, 9.17) is 5.11 Å². The first kappa shape index (κ1) is 26.2. The number of carbonyl (C=O) groups excluding carboxylic acids is 1. The van der Waals surface area contributed by atoms with Crippen molar-refractivity contribution in [2.45, 2.75) is 136 Å². The van der Waals surface area contributed by atoms with E-state index in [1.54, 1.807) is 0 Å². The molecule has 4 fully saturated rings. The van der Waals surface area contributed by atoms with Crippen molar-refractivity contribution in [2.24, 2.45) is 40.4 Å². The van der Waals surface area contributed by atoms with Crippen LogP contribution < -0.4 is 0 Å². The van der Waals surface area contributed by atoms with Gasteiger partial charge in [-0.1, -0.05) is 65.2 Å². The second-order valence-electron chi connectivity index (χ2n) is 13.1. The number of Topliss-reactive ketones (excluding diaryl/α,β-unsaturated/α-hetero) is 1. The Kier molecular flexibility index (Phi) is 8.48. The first-order valence-electron chi connectivity index (χ1n) is 14.7. The largest absolute Gasteiger partial charge is 0.481 e. The fourth-order valence-electron chi connectivity index (χ4n) is 9.45. The number of carboxylic acid groups (broad SMARTS) is 1. The van der Waals surface area contributed by atoms with Gasteiger partial charge in [0, 0.05) is 19.3 Å². The Morgan fingerprint density at radius 1 is 0.912 bits per heavy atom. The van der Waals surface area contributed by atoms with E-state index in [1.165, 1.54) is 64.2 Å². The molecule has 2 N–H and O–H groups in total. The monoisotopic (exact) mass is 474 g/mol. The molecule has 0 aromatic heterocycles. The Morgan fingerprint density at radius 3 is 2.29 bits per heavy atom. The van der Waals surface area contributed by atoms with Crippen LogP contribution in [0.5, 0.6) is 0 Å². The van der Waals surface area contributed by atoms with Gasteiger partial charge in [-0.3, -0.25) is 9.59 Å². The zero-order valence-corrected chi connectivity index (χ0v) is 21.9.